The van der Waals surface area contributed by atoms with Crippen molar-refractivity contribution in [3.05, 3.63) is 33.3 Å². The quantitative estimate of drug-likeness (QED) is 0.644. The minimum absolute atomic E-state index is 0.0158. The molecule has 0 radical (unpaired) electrons. The van der Waals surface area contributed by atoms with Crippen LogP contribution in [0.15, 0.2) is 18.2 Å². The highest BCUT2D eigenvalue weighted by molar-refractivity contribution is 6.33. The first kappa shape index (κ1) is 17.4. The maximum absolute atomic E-state index is 12.2. The van der Waals surface area contributed by atoms with Gasteiger partial charge in [-0.05, 0) is 24.0 Å². The van der Waals surface area contributed by atoms with Gasteiger partial charge in [0.15, 0.2) is 0 Å². The molecule has 3 N–H and O–H groups in total. The van der Waals surface area contributed by atoms with Crippen molar-refractivity contribution in [3.63, 3.8) is 0 Å². The van der Waals surface area contributed by atoms with Crippen LogP contribution < -0.4 is 11.1 Å². The summed E-state index contributed by atoms with van der Waals surface area (Å²) >= 11 is 5.81. The van der Waals surface area contributed by atoms with E-state index in [-0.39, 0.29) is 34.5 Å². The fourth-order valence-electron chi connectivity index (χ4n) is 2.00. The summed E-state index contributed by atoms with van der Waals surface area (Å²) in [6, 6.07) is 4.08. The number of hydrogen-bond acceptors (Lipinski definition) is 4. The molecule has 7 heteroatoms. The van der Waals surface area contributed by atoms with Crippen LogP contribution in [0, 0.1) is 21.4 Å². The summed E-state index contributed by atoms with van der Waals surface area (Å²) in [7, 11) is 0. The van der Waals surface area contributed by atoms with E-state index < -0.39 is 4.92 Å². The van der Waals surface area contributed by atoms with E-state index in [0.29, 0.717) is 12.1 Å². The number of nitro groups is 1. The van der Waals surface area contributed by atoms with Gasteiger partial charge < -0.3 is 11.1 Å². The Labute approximate surface area is 128 Å². The number of rotatable bonds is 5. The SMILES string of the molecule is CC(C)(C)CC(CN)C(=O)Nc1ccc([N+](=O)[O-])c(Cl)c1. The summed E-state index contributed by atoms with van der Waals surface area (Å²) in [5, 5.41) is 13.4. The lowest BCUT2D eigenvalue weighted by Crippen LogP contribution is -2.32. The molecule has 1 aromatic rings. The first-order chi connectivity index (χ1) is 9.64. The van der Waals surface area contributed by atoms with Crippen LogP contribution in [0.3, 0.4) is 0 Å². The standard InChI is InChI=1S/C14H20ClN3O3/c1-14(2,3)7-9(8-16)13(19)17-10-4-5-12(18(20)21)11(15)6-10/h4-6,9H,7-8,16H2,1-3H3,(H,17,19). The van der Waals surface area contributed by atoms with Gasteiger partial charge in [0.2, 0.25) is 5.91 Å². The highest BCUT2D eigenvalue weighted by atomic mass is 35.5. The normalized spacial score (nSPS) is 12.8. The molecule has 21 heavy (non-hydrogen) atoms. The molecule has 0 bridgehead atoms. The maximum Gasteiger partial charge on any atom is 0.288 e. The van der Waals surface area contributed by atoms with E-state index in [1.54, 1.807) is 0 Å². The third-order valence-corrected chi connectivity index (χ3v) is 3.23. The minimum Gasteiger partial charge on any atom is -0.330 e. The van der Waals surface area contributed by atoms with Crippen molar-refractivity contribution in [3.8, 4) is 0 Å². The summed E-state index contributed by atoms with van der Waals surface area (Å²) in [5.41, 5.74) is 5.86. The number of carbonyl (C=O) groups excluding carboxylic acids is 1. The van der Waals surface area contributed by atoms with Crippen molar-refractivity contribution in [2.45, 2.75) is 27.2 Å². The van der Waals surface area contributed by atoms with Crippen molar-refractivity contribution >= 4 is 28.9 Å². The van der Waals surface area contributed by atoms with Crippen molar-refractivity contribution in [2.24, 2.45) is 17.1 Å². The van der Waals surface area contributed by atoms with E-state index >= 15 is 0 Å². The third-order valence-electron chi connectivity index (χ3n) is 2.93. The second kappa shape index (κ2) is 6.87. The van der Waals surface area contributed by atoms with E-state index in [1.165, 1.54) is 18.2 Å². The molecule has 0 aliphatic heterocycles. The summed E-state index contributed by atoms with van der Waals surface area (Å²) in [6.45, 7) is 6.34. The van der Waals surface area contributed by atoms with Crippen LogP contribution in [0.4, 0.5) is 11.4 Å². The molecule has 116 valence electrons. The number of nitro benzene ring substituents is 1. The Bertz CT molecular complexity index is 541. The molecule has 0 spiro atoms. The molecule has 0 saturated heterocycles. The van der Waals surface area contributed by atoms with Gasteiger partial charge >= 0.3 is 0 Å². The number of amides is 1. The van der Waals surface area contributed by atoms with E-state index in [4.69, 9.17) is 17.3 Å². The van der Waals surface area contributed by atoms with Gasteiger partial charge in [0.1, 0.15) is 5.02 Å². The van der Waals surface area contributed by atoms with Crippen LogP contribution in [0.2, 0.25) is 5.02 Å². The molecule has 0 aliphatic rings. The second-order valence-electron chi connectivity index (χ2n) is 6.11. The van der Waals surface area contributed by atoms with Crippen LogP contribution in [-0.2, 0) is 4.79 Å². The number of nitrogens with zero attached hydrogens (tertiary/aromatic N) is 1. The molecule has 0 aromatic heterocycles. The third kappa shape index (κ3) is 5.32. The predicted molar refractivity (Wildman–Crippen MR) is 83.4 cm³/mol. The molecule has 0 fully saturated rings. The van der Waals surface area contributed by atoms with Crippen LogP contribution in [0.5, 0.6) is 0 Å². The van der Waals surface area contributed by atoms with Crippen molar-refractivity contribution in [2.75, 3.05) is 11.9 Å². The van der Waals surface area contributed by atoms with Crippen LogP contribution >= 0.6 is 11.6 Å². The largest absolute Gasteiger partial charge is 0.330 e. The summed E-state index contributed by atoms with van der Waals surface area (Å²) in [6.07, 6.45) is 0.649. The Balaban J connectivity index is 2.82. The molecule has 1 atom stereocenters. The van der Waals surface area contributed by atoms with Gasteiger partial charge in [-0.2, -0.15) is 0 Å². The van der Waals surface area contributed by atoms with E-state index in [9.17, 15) is 14.9 Å². The Morgan fingerprint density at radius 2 is 2.10 bits per heavy atom. The monoisotopic (exact) mass is 313 g/mol. The maximum atomic E-state index is 12.2. The Kier molecular flexibility index (Phi) is 5.69. The van der Waals surface area contributed by atoms with E-state index in [0.717, 1.165) is 0 Å². The van der Waals surface area contributed by atoms with Crippen molar-refractivity contribution < 1.29 is 9.72 Å². The Morgan fingerprint density at radius 3 is 2.52 bits per heavy atom. The molecule has 1 aromatic carbocycles. The average Bonchev–Trinajstić information content (AvgIpc) is 2.34. The smallest absolute Gasteiger partial charge is 0.288 e. The molecule has 0 aliphatic carbocycles. The average molecular weight is 314 g/mol. The molecule has 1 unspecified atom stereocenters. The van der Waals surface area contributed by atoms with Gasteiger partial charge in [-0.3, -0.25) is 14.9 Å². The first-order valence-corrected chi connectivity index (χ1v) is 6.96. The molecular formula is C14H20ClN3O3. The number of hydrogen-bond donors (Lipinski definition) is 2. The highest BCUT2D eigenvalue weighted by Gasteiger charge is 2.24. The number of nitrogens with one attached hydrogen (secondary N) is 1. The number of anilines is 1. The summed E-state index contributed by atoms with van der Waals surface area (Å²) < 4.78 is 0. The lowest BCUT2D eigenvalue weighted by molar-refractivity contribution is -0.384. The number of nitrogens with two attached hydrogens (primary N) is 1. The van der Waals surface area contributed by atoms with Gasteiger partial charge in [-0.25, -0.2) is 0 Å². The topological polar surface area (TPSA) is 98.3 Å². The van der Waals surface area contributed by atoms with Gasteiger partial charge in [-0.15, -0.1) is 0 Å². The molecule has 0 heterocycles. The molecule has 0 saturated carbocycles. The number of halogens is 1. The minimum atomic E-state index is -0.573. The number of carbonyl (C=O) groups is 1. The predicted octanol–water partition coefficient (Wildman–Crippen LogP) is 3.20. The second-order valence-corrected chi connectivity index (χ2v) is 6.52. The number of benzene rings is 1. The Hall–Kier alpha value is -1.66. The summed E-state index contributed by atoms with van der Waals surface area (Å²) in [5.74, 6) is -0.531. The lowest BCUT2D eigenvalue weighted by Gasteiger charge is -2.24. The summed E-state index contributed by atoms with van der Waals surface area (Å²) in [4.78, 5) is 22.3. The Morgan fingerprint density at radius 1 is 1.48 bits per heavy atom. The molecule has 1 rings (SSSR count). The van der Waals surface area contributed by atoms with Crippen molar-refractivity contribution in [1.29, 1.82) is 0 Å². The fraction of sp³-hybridized carbons (Fsp3) is 0.500. The fourth-order valence-corrected chi connectivity index (χ4v) is 2.25. The molecule has 1 amide bonds. The van der Waals surface area contributed by atoms with E-state index in [2.05, 4.69) is 5.32 Å². The zero-order valence-electron chi connectivity index (χ0n) is 12.4. The van der Waals surface area contributed by atoms with Gasteiger partial charge in [0.25, 0.3) is 5.69 Å². The zero-order valence-corrected chi connectivity index (χ0v) is 13.1. The van der Waals surface area contributed by atoms with Crippen LogP contribution in [0.25, 0.3) is 0 Å². The lowest BCUT2D eigenvalue weighted by atomic mass is 9.84. The molecular weight excluding hydrogens is 294 g/mol. The van der Waals surface area contributed by atoms with E-state index in [1.807, 2.05) is 20.8 Å². The van der Waals surface area contributed by atoms with Gasteiger partial charge in [0, 0.05) is 18.3 Å². The highest BCUT2D eigenvalue weighted by Crippen LogP contribution is 2.28. The van der Waals surface area contributed by atoms with Crippen LogP contribution in [-0.4, -0.2) is 17.4 Å². The van der Waals surface area contributed by atoms with Gasteiger partial charge in [-0.1, -0.05) is 32.4 Å². The molecule has 6 nitrogen and oxygen atoms in total. The van der Waals surface area contributed by atoms with Gasteiger partial charge in [0.05, 0.1) is 10.8 Å². The van der Waals surface area contributed by atoms with Crippen molar-refractivity contribution in [1.82, 2.24) is 0 Å². The zero-order chi connectivity index (χ0) is 16.2. The first-order valence-electron chi connectivity index (χ1n) is 6.59. The van der Waals surface area contributed by atoms with Crippen LogP contribution in [0.1, 0.15) is 27.2 Å².